The third-order valence-corrected chi connectivity index (χ3v) is 5.26. The molecule has 0 aliphatic carbocycles. The van der Waals surface area contributed by atoms with Gasteiger partial charge in [-0.1, -0.05) is 48.5 Å². The lowest BCUT2D eigenvalue weighted by Crippen LogP contribution is -2.38. The van der Waals surface area contributed by atoms with Gasteiger partial charge >= 0.3 is 0 Å². The second-order valence-corrected chi connectivity index (χ2v) is 7.42. The average molecular weight is 379 g/mol. The molecule has 1 fully saturated rings. The van der Waals surface area contributed by atoms with Crippen LogP contribution in [-0.4, -0.2) is 42.3 Å². The molecule has 0 radical (unpaired) electrons. The molecule has 0 aromatic heterocycles. The highest BCUT2D eigenvalue weighted by Crippen LogP contribution is 2.15. The minimum Gasteiger partial charge on any atom is -0.352 e. The minimum atomic E-state index is 0.270. The summed E-state index contributed by atoms with van der Waals surface area (Å²) in [6.45, 7) is 5.26. The predicted octanol–water partition coefficient (Wildman–Crippen LogP) is 3.32. The summed E-state index contributed by atoms with van der Waals surface area (Å²) >= 11 is 0. The first-order valence-electron chi connectivity index (χ1n) is 9.88. The molecule has 1 saturated heterocycles. The fraction of sp³-hybridized carbons (Fsp3) is 0.391. The van der Waals surface area contributed by atoms with Crippen molar-refractivity contribution in [2.45, 2.75) is 39.4 Å². The van der Waals surface area contributed by atoms with Crippen molar-refractivity contribution in [1.82, 2.24) is 15.1 Å². The molecule has 0 spiro atoms. The summed E-state index contributed by atoms with van der Waals surface area (Å²) in [5, 5.41) is 3.44. The molecule has 1 heterocycles. The molecule has 148 valence electrons. The SMILES string of the molecule is CN=C(NCc1ccc(CN2CCCC2=O)cc1)N(C)Cc1ccccc1C. The van der Waals surface area contributed by atoms with Gasteiger partial charge in [-0.25, -0.2) is 0 Å². The Hall–Kier alpha value is -2.82. The Morgan fingerprint density at radius 3 is 2.50 bits per heavy atom. The Kier molecular flexibility index (Phi) is 6.69. The molecule has 5 nitrogen and oxygen atoms in total. The van der Waals surface area contributed by atoms with Gasteiger partial charge in [0.05, 0.1) is 0 Å². The maximum absolute atomic E-state index is 11.8. The smallest absolute Gasteiger partial charge is 0.222 e. The van der Waals surface area contributed by atoms with Crippen LogP contribution in [0.25, 0.3) is 0 Å². The van der Waals surface area contributed by atoms with Crippen LogP contribution >= 0.6 is 0 Å². The summed E-state index contributed by atoms with van der Waals surface area (Å²) in [5.74, 6) is 1.14. The number of carbonyl (C=O) groups excluding carboxylic acids is 1. The second-order valence-electron chi connectivity index (χ2n) is 7.42. The average Bonchev–Trinajstić information content (AvgIpc) is 3.10. The number of carbonyl (C=O) groups is 1. The number of aliphatic imine (C=N–C) groups is 1. The fourth-order valence-corrected chi connectivity index (χ4v) is 3.54. The van der Waals surface area contributed by atoms with Crippen LogP contribution in [0.4, 0.5) is 0 Å². The lowest BCUT2D eigenvalue weighted by molar-refractivity contribution is -0.128. The van der Waals surface area contributed by atoms with E-state index in [-0.39, 0.29) is 5.91 Å². The van der Waals surface area contributed by atoms with Crippen molar-refractivity contribution >= 4 is 11.9 Å². The fourth-order valence-electron chi connectivity index (χ4n) is 3.54. The molecule has 0 unspecified atom stereocenters. The number of nitrogens with zero attached hydrogens (tertiary/aromatic N) is 3. The second kappa shape index (κ2) is 9.40. The number of rotatable bonds is 6. The lowest BCUT2D eigenvalue weighted by atomic mass is 10.1. The van der Waals surface area contributed by atoms with E-state index in [9.17, 15) is 4.79 Å². The highest BCUT2D eigenvalue weighted by molar-refractivity contribution is 5.79. The number of nitrogens with one attached hydrogen (secondary N) is 1. The van der Waals surface area contributed by atoms with E-state index in [1.807, 2.05) is 11.9 Å². The maximum Gasteiger partial charge on any atom is 0.222 e. The van der Waals surface area contributed by atoms with Crippen molar-refractivity contribution < 1.29 is 4.79 Å². The Morgan fingerprint density at radius 2 is 1.86 bits per heavy atom. The predicted molar refractivity (Wildman–Crippen MR) is 114 cm³/mol. The number of likely N-dealkylation sites (tertiary alicyclic amines) is 1. The Balaban J connectivity index is 1.53. The van der Waals surface area contributed by atoms with Gasteiger partial charge in [-0.15, -0.1) is 0 Å². The molecule has 0 atom stereocenters. The van der Waals surface area contributed by atoms with E-state index in [1.165, 1.54) is 22.3 Å². The highest BCUT2D eigenvalue weighted by Gasteiger charge is 2.19. The molecular formula is C23H30N4O. The van der Waals surface area contributed by atoms with E-state index in [4.69, 9.17) is 0 Å². The van der Waals surface area contributed by atoms with Gasteiger partial charge in [0.25, 0.3) is 0 Å². The lowest BCUT2D eigenvalue weighted by Gasteiger charge is -2.23. The minimum absolute atomic E-state index is 0.270. The summed E-state index contributed by atoms with van der Waals surface area (Å²) in [6, 6.07) is 16.9. The summed E-state index contributed by atoms with van der Waals surface area (Å²) < 4.78 is 0. The topological polar surface area (TPSA) is 47.9 Å². The first kappa shape index (κ1) is 19.9. The Bertz CT molecular complexity index is 829. The quantitative estimate of drug-likeness (QED) is 0.620. The third-order valence-electron chi connectivity index (χ3n) is 5.26. The van der Waals surface area contributed by atoms with Crippen LogP contribution in [0, 0.1) is 6.92 Å². The van der Waals surface area contributed by atoms with Gasteiger partial charge in [0.2, 0.25) is 5.91 Å². The van der Waals surface area contributed by atoms with Crippen LogP contribution in [0.2, 0.25) is 0 Å². The summed E-state index contributed by atoms with van der Waals surface area (Å²) in [6.07, 6.45) is 1.67. The zero-order valence-electron chi connectivity index (χ0n) is 17.1. The van der Waals surface area contributed by atoms with Crippen LogP contribution < -0.4 is 5.32 Å². The van der Waals surface area contributed by atoms with Gasteiger partial charge in [-0.3, -0.25) is 9.79 Å². The molecule has 0 bridgehead atoms. The Labute approximate surface area is 168 Å². The van der Waals surface area contributed by atoms with E-state index in [0.717, 1.165) is 25.5 Å². The first-order valence-corrected chi connectivity index (χ1v) is 9.88. The normalized spacial score (nSPS) is 14.5. The molecule has 1 N–H and O–H groups in total. The van der Waals surface area contributed by atoms with Crippen molar-refractivity contribution in [2.24, 2.45) is 4.99 Å². The van der Waals surface area contributed by atoms with Crippen LogP contribution in [0.1, 0.15) is 35.1 Å². The molecule has 0 saturated carbocycles. The van der Waals surface area contributed by atoms with E-state index in [0.29, 0.717) is 19.5 Å². The van der Waals surface area contributed by atoms with Gasteiger partial charge < -0.3 is 15.1 Å². The van der Waals surface area contributed by atoms with Crippen LogP contribution in [0.15, 0.2) is 53.5 Å². The van der Waals surface area contributed by atoms with Gasteiger partial charge in [-0.05, 0) is 35.6 Å². The number of benzene rings is 2. The molecule has 2 aromatic rings. The number of aryl methyl sites for hydroxylation is 1. The van der Waals surface area contributed by atoms with Gasteiger partial charge in [0, 0.05) is 46.7 Å². The third kappa shape index (κ3) is 5.12. The van der Waals surface area contributed by atoms with Crippen molar-refractivity contribution in [3.05, 3.63) is 70.8 Å². The molecule has 3 rings (SSSR count). The zero-order valence-corrected chi connectivity index (χ0v) is 17.1. The molecular weight excluding hydrogens is 348 g/mol. The van der Waals surface area contributed by atoms with Crippen LogP contribution in [0.5, 0.6) is 0 Å². The van der Waals surface area contributed by atoms with E-state index < -0.39 is 0 Å². The van der Waals surface area contributed by atoms with E-state index in [1.54, 1.807) is 0 Å². The van der Waals surface area contributed by atoms with Crippen molar-refractivity contribution in [1.29, 1.82) is 0 Å². The number of hydrogen-bond acceptors (Lipinski definition) is 2. The Morgan fingerprint density at radius 1 is 1.14 bits per heavy atom. The van der Waals surface area contributed by atoms with Gasteiger partial charge in [0.1, 0.15) is 0 Å². The molecule has 2 aromatic carbocycles. The molecule has 1 aliphatic rings. The van der Waals surface area contributed by atoms with E-state index >= 15 is 0 Å². The molecule has 1 amide bonds. The molecule has 1 aliphatic heterocycles. The van der Waals surface area contributed by atoms with E-state index in [2.05, 4.69) is 77.7 Å². The van der Waals surface area contributed by atoms with Gasteiger partial charge in [-0.2, -0.15) is 0 Å². The summed E-state index contributed by atoms with van der Waals surface area (Å²) in [5.41, 5.74) is 4.97. The monoisotopic (exact) mass is 378 g/mol. The van der Waals surface area contributed by atoms with Crippen LogP contribution in [-0.2, 0) is 24.4 Å². The van der Waals surface area contributed by atoms with Crippen molar-refractivity contribution in [3.8, 4) is 0 Å². The highest BCUT2D eigenvalue weighted by atomic mass is 16.2. The summed E-state index contributed by atoms with van der Waals surface area (Å²) in [7, 11) is 3.87. The molecule has 28 heavy (non-hydrogen) atoms. The largest absolute Gasteiger partial charge is 0.352 e. The summed E-state index contributed by atoms with van der Waals surface area (Å²) in [4.78, 5) is 20.3. The van der Waals surface area contributed by atoms with Gasteiger partial charge in [0.15, 0.2) is 5.96 Å². The standard InChI is InChI=1S/C23H30N4O/c1-18-7-4-5-8-21(18)17-26(3)23(24-2)25-15-19-10-12-20(13-11-19)16-27-14-6-9-22(27)28/h4-5,7-8,10-13H,6,9,14-17H2,1-3H3,(H,24,25). The van der Waals surface area contributed by atoms with Crippen LogP contribution in [0.3, 0.4) is 0 Å². The van der Waals surface area contributed by atoms with Crippen molar-refractivity contribution in [3.63, 3.8) is 0 Å². The van der Waals surface area contributed by atoms with Crippen molar-refractivity contribution in [2.75, 3.05) is 20.6 Å². The number of guanidine groups is 1. The first-order chi connectivity index (χ1) is 13.6. The maximum atomic E-state index is 11.8. The number of amides is 1. The number of hydrogen-bond donors (Lipinski definition) is 1. The zero-order chi connectivity index (χ0) is 19.9. The molecule has 5 heteroatoms.